The number of carbonyl (C=O) groups excluding carboxylic acids is 2. The molecule has 2 aromatic carbocycles. The fraction of sp³-hybridized carbons (Fsp3) is 0.548. The summed E-state index contributed by atoms with van der Waals surface area (Å²) in [7, 11) is 0. The third kappa shape index (κ3) is 4.71. The zero-order valence-corrected chi connectivity index (χ0v) is 21.5. The van der Waals surface area contributed by atoms with E-state index in [-0.39, 0.29) is 36.2 Å². The van der Waals surface area contributed by atoms with Crippen molar-refractivity contribution in [3.8, 4) is 5.75 Å². The lowest BCUT2D eigenvalue weighted by Crippen LogP contribution is -2.62. The third-order valence-electron chi connectivity index (χ3n) is 9.36. The number of benzene rings is 2. The molecule has 4 aliphatic rings. The third-order valence-corrected chi connectivity index (χ3v) is 9.36. The summed E-state index contributed by atoms with van der Waals surface area (Å²) in [6.07, 6.45) is 10.4. The highest BCUT2D eigenvalue weighted by atomic mass is 16.7. The Morgan fingerprint density at radius 2 is 1.73 bits per heavy atom. The molecule has 0 N–H and O–H groups in total. The molecule has 3 atom stereocenters. The Labute approximate surface area is 219 Å². The van der Waals surface area contributed by atoms with Gasteiger partial charge in [0, 0.05) is 18.0 Å². The summed E-state index contributed by atoms with van der Waals surface area (Å²) < 4.78 is 17.1. The Balaban J connectivity index is 1.16. The molecule has 0 spiro atoms. The number of amides is 1. The molecule has 3 fully saturated rings. The quantitative estimate of drug-likeness (QED) is 0.349. The van der Waals surface area contributed by atoms with Gasteiger partial charge in [0.1, 0.15) is 12.4 Å². The van der Waals surface area contributed by atoms with Gasteiger partial charge in [-0.05, 0) is 73.3 Å². The number of likely N-dealkylation sites (tertiary alicyclic amines) is 1. The molecule has 0 unspecified atom stereocenters. The molecule has 1 amide bonds. The van der Waals surface area contributed by atoms with Crippen molar-refractivity contribution in [3.05, 3.63) is 65.2 Å². The Morgan fingerprint density at radius 1 is 0.919 bits per heavy atom. The molecule has 2 aromatic rings. The first kappa shape index (κ1) is 24.3. The molecule has 3 aliphatic carbocycles. The first-order chi connectivity index (χ1) is 18.1. The van der Waals surface area contributed by atoms with Crippen molar-refractivity contribution in [1.82, 2.24) is 4.90 Å². The Morgan fingerprint density at radius 3 is 2.57 bits per heavy atom. The Hall–Kier alpha value is -3.02. The fourth-order valence-electron chi connectivity index (χ4n) is 7.54. The van der Waals surface area contributed by atoms with Crippen molar-refractivity contribution in [2.45, 2.75) is 82.3 Å². The monoisotopic (exact) mass is 503 g/mol. The number of ether oxygens (including phenoxy) is 3. The van der Waals surface area contributed by atoms with Crippen LogP contribution in [0.1, 0.15) is 74.5 Å². The number of hydrogen-bond donors (Lipinski definition) is 0. The fourth-order valence-corrected chi connectivity index (χ4v) is 7.54. The molecule has 2 saturated carbocycles. The number of hydrogen-bond acceptors (Lipinski definition) is 5. The summed E-state index contributed by atoms with van der Waals surface area (Å²) in [6.45, 7) is 0.994. The lowest BCUT2D eigenvalue weighted by molar-refractivity contribution is -0.155. The predicted octanol–water partition coefficient (Wildman–Crippen LogP) is 6.15. The summed E-state index contributed by atoms with van der Waals surface area (Å²) in [6, 6.07) is 16.4. The van der Waals surface area contributed by atoms with Crippen LogP contribution in [0.5, 0.6) is 5.75 Å². The number of piperidine rings is 1. The van der Waals surface area contributed by atoms with E-state index in [9.17, 15) is 9.59 Å². The second-order valence-electron chi connectivity index (χ2n) is 11.3. The van der Waals surface area contributed by atoms with E-state index in [2.05, 4.69) is 12.1 Å². The van der Waals surface area contributed by atoms with Crippen molar-refractivity contribution in [2.24, 2.45) is 11.8 Å². The van der Waals surface area contributed by atoms with Crippen LogP contribution in [0.2, 0.25) is 0 Å². The van der Waals surface area contributed by atoms with Crippen LogP contribution in [-0.2, 0) is 32.7 Å². The van der Waals surface area contributed by atoms with E-state index >= 15 is 0 Å². The maximum atomic E-state index is 13.2. The molecule has 1 aliphatic heterocycles. The zero-order chi connectivity index (χ0) is 25.2. The Kier molecular flexibility index (Phi) is 6.83. The van der Waals surface area contributed by atoms with Crippen molar-refractivity contribution >= 4 is 12.1 Å². The standard InChI is InChI=1S/C31H37NO5/c33-29(23-10-4-5-11-23)37-21-36-25-14-13-24-18-28-26-12-6-7-15-31(26,27(24)19-25)16-17-32(28)30(34)35-20-22-8-2-1-3-9-22/h1-3,8-9,13-14,19,23,26,28H,4-7,10-12,15-18,20-21H2/t26-,28-,31+/m1/s1. The molecule has 196 valence electrons. The SMILES string of the molecule is O=C(OCOc1ccc2c(c1)[C@]13CCCC[C@@H]1[C@@H](C2)N(C(=O)OCc1ccccc1)CC3)C1CCCC1. The molecule has 1 heterocycles. The minimum atomic E-state index is -0.194. The van der Waals surface area contributed by atoms with Crippen LogP contribution in [-0.4, -0.2) is 36.3 Å². The van der Waals surface area contributed by atoms with Gasteiger partial charge in [-0.15, -0.1) is 0 Å². The van der Waals surface area contributed by atoms with E-state index in [4.69, 9.17) is 14.2 Å². The van der Waals surface area contributed by atoms with Gasteiger partial charge in [0.2, 0.25) is 6.79 Å². The minimum Gasteiger partial charge on any atom is -0.457 e. The first-order valence-corrected chi connectivity index (χ1v) is 14.0. The van der Waals surface area contributed by atoms with Crippen LogP contribution >= 0.6 is 0 Å². The minimum absolute atomic E-state index is 0.0335. The van der Waals surface area contributed by atoms with Crippen molar-refractivity contribution in [3.63, 3.8) is 0 Å². The number of esters is 1. The normalized spacial score (nSPS) is 26.6. The van der Waals surface area contributed by atoms with Gasteiger partial charge in [-0.2, -0.15) is 0 Å². The molecular weight excluding hydrogens is 466 g/mol. The van der Waals surface area contributed by atoms with Gasteiger partial charge in [-0.25, -0.2) is 4.79 Å². The number of fused-ring (bicyclic) bond motifs is 1. The Bertz CT molecular complexity index is 1130. The molecule has 6 rings (SSSR count). The summed E-state index contributed by atoms with van der Waals surface area (Å²) in [4.78, 5) is 27.5. The highest BCUT2D eigenvalue weighted by Crippen LogP contribution is 2.56. The van der Waals surface area contributed by atoms with E-state index < -0.39 is 0 Å². The molecule has 0 aromatic heterocycles. The van der Waals surface area contributed by atoms with E-state index in [0.29, 0.717) is 12.5 Å². The van der Waals surface area contributed by atoms with Crippen LogP contribution in [0, 0.1) is 11.8 Å². The van der Waals surface area contributed by atoms with Gasteiger partial charge in [0.15, 0.2) is 0 Å². The summed E-state index contributed by atoms with van der Waals surface area (Å²) >= 11 is 0. The lowest BCUT2D eigenvalue weighted by atomic mass is 9.52. The van der Waals surface area contributed by atoms with Crippen molar-refractivity contribution in [2.75, 3.05) is 13.3 Å². The van der Waals surface area contributed by atoms with Crippen LogP contribution < -0.4 is 4.74 Å². The molecule has 6 nitrogen and oxygen atoms in total. The van der Waals surface area contributed by atoms with E-state index in [0.717, 1.165) is 69.2 Å². The number of carbonyl (C=O) groups is 2. The molecular formula is C31H37NO5. The highest BCUT2D eigenvalue weighted by Gasteiger charge is 2.55. The largest absolute Gasteiger partial charge is 0.457 e. The van der Waals surface area contributed by atoms with Gasteiger partial charge in [0.05, 0.1) is 5.92 Å². The van der Waals surface area contributed by atoms with Gasteiger partial charge >= 0.3 is 12.1 Å². The second kappa shape index (κ2) is 10.4. The van der Waals surface area contributed by atoms with Gasteiger partial charge in [-0.3, -0.25) is 4.79 Å². The summed E-state index contributed by atoms with van der Waals surface area (Å²) in [5.74, 6) is 1.10. The number of rotatable bonds is 6. The molecule has 37 heavy (non-hydrogen) atoms. The van der Waals surface area contributed by atoms with Crippen LogP contribution in [0.25, 0.3) is 0 Å². The predicted molar refractivity (Wildman–Crippen MR) is 139 cm³/mol. The smallest absolute Gasteiger partial charge is 0.410 e. The first-order valence-electron chi connectivity index (χ1n) is 14.0. The maximum Gasteiger partial charge on any atom is 0.410 e. The lowest BCUT2D eigenvalue weighted by Gasteiger charge is -2.58. The summed E-state index contributed by atoms with van der Waals surface area (Å²) in [5.41, 5.74) is 3.77. The van der Waals surface area contributed by atoms with Gasteiger partial charge < -0.3 is 19.1 Å². The highest BCUT2D eigenvalue weighted by molar-refractivity contribution is 5.72. The number of nitrogens with zero attached hydrogens (tertiary/aromatic N) is 1. The average Bonchev–Trinajstić information content (AvgIpc) is 3.48. The van der Waals surface area contributed by atoms with Gasteiger partial charge in [0.25, 0.3) is 0 Å². The molecule has 0 radical (unpaired) electrons. The van der Waals surface area contributed by atoms with Crippen molar-refractivity contribution < 1.29 is 23.8 Å². The molecule has 2 bridgehead atoms. The van der Waals surface area contributed by atoms with Gasteiger partial charge in [-0.1, -0.05) is 62.1 Å². The second-order valence-corrected chi connectivity index (χ2v) is 11.3. The van der Waals surface area contributed by atoms with Crippen LogP contribution in [0.4, 0.5) is 4.79 Å². The van der Waals surface area contributed by atoms with Crippen LogP contribution in [0.15, 0.2) is 48.5 Å². The zero-order valence-electron chi connectivity index (χ0n) is 21.5. The molecule has 6 heteroatoms. The van der Waals surface area contributed by atoms with E-state index in [1.165, 1.54) is 24.0 Å². The van der Waals surface area contributed by atoms with Crippen LogP contribution in [0.3, 0.4) is 0 Å². The topological polar surface area (TPSA) is 65.1 Å². The average molecular weight is 504 g/mol. The van der Waals surface area contributed by atoms with Crippen molar-refractivity contribution in [1.29, 1.82) is 0 Å². The van der Waals surface area contributed by atoms with E-state index in [1.807, 2.05) is 41.3 Å². The maximum absolute atomic E-state index is 13.2. The summed E-state index contributed by atoms with van der Waals surface area (Å²) in [5, 5.41) is 0. The molecule has 1 saturated heterocycles. The van der Waals surface area contributed by atoms with E-state index in [1.54, 1.807) is 0 Å².